The summed E-state index contributed by atoms with van der Waals surface area (Å²) in [7, 11) is 3.21. The second-order valence-corrected chi connectivity index (χ2v) is 10.1. The summed E-state index contributed by atoms with van der Waals surface area (Å²) in [5.74, 6) is 2.24. The second-order valence-electron chi connectivity index (χ2n) is 10.1. The molecule has 2 aromatic carbocycles. The van der Waals surface area contributed by atoms with Gasteiger partial charge in [-0.05, 0) is 41.1 Å². The van der Waals surface area contributed by atoms with Crippen molar-refractivity contribution in [3.05, 3.63) is 78.2 Å². The Morgan fingerprint density at radius 3 is 2.55 bits per heavy atom. The molecule has 5 aromatic rings. The molecule has 0 bridgehead atoms. The molecule has 1 atom stereocenters. The highest BCUT2D eigenvalue weighted by molar-refractivity contribution is 6.10. The lowest BCUT2D eigenvalue weighted by Gasteiger charge is -2.30. The van der Waals surface area contributed by atoms with E-state index in [1.807, 2.05) is 24.3 Å². The van der Waals surface area contributed by atoms with Crippen LogP contribution in [-0.4, -0.2) is 59.8 Å². The van der Waals surface area contributed by atoms with Gasteiger partial charge in [-0.25, -0.2) is 4.98 Å². The third-order valence-corrected chi connectivity index (χ3v) is 7.39. The molecule has 1 aliphatic heterocycles. The third kappa shape index (κ3) is 5.09. The molecule has 0 aliphatic carbocycles. The first kappa shape index (κ1) is 25.8. The van der Waals surface area contributed by atoms with Crippen LogP contribution < -0.4 is 25.7 Å². The molecule has 0 radical (unpaired) electrons. The molecule has 6 rings (SSSR count). The average molecular weight is 537 g/mol. The summed E-state index contributed by atoms with van der Waals surface area (Å²) in [4.78, 5) is 16.0. The highest BCUT2D eigenvalue weighted by Crippen LogP contribution is 2.37. The lowest BCUT2D eigenvalue weighted by molar-refractivity contribution is 0.200. The minimum Gasteiger partial charge on any atom is -0.493 e. The zero-order valence-electron chi connectivity index (χ0n) is 22.6. The van der Waals surface area contributed by atoms with Gasteiger partial charge < -0.3 is 25.7 Å². The quantitative estimate of drug-likeness (QED) is 0.281. The normalized spacial score (nSPS) is 14.2. The van der Waals surface area contributed by atoms with Crippen LogP contribution in [0.25, 0.3) is 32.9 Å². The van der Waals surface area contributed by atoms with E-state index >= 15 is 0 Å². The van der Waals surface area contributed by atoms with Crippen LogP contribution in [0.2, 0.25) is 0 Å². The molecule has 0 spiro atoms. The van der Waals surface area contributed by atoms with Crippen LogP contribution in [-0.2, 0) is 13.0 Å². The summed E-state index contributed by atoms with van der Waals surface area (Å²) >= 11 is 0. The van der Waals surface area contributed by atoms with Crippen LogP contribution in [0.1, 0.15) is 11.1 Å². The van der Waals surface area contributed by atoms with Gasteiger partial charge in [-0.15, -0.1) is 0 Å². The van der Waals surface area contributed by atoms with E-state index in [1.165, 1.54) is 11.1 Å². The summed E-state index contributed by atoms with van der Waals surface area (Å²) in [6.45, 7) is 3.06. The van der Waals surface area contributed by atoms with Crippen molar-refractivity contribution in [1.82, 2.24) is 19.9 Å². The number of hydrogen-bond donors (Lipinski definition) is 2. The zero-order valence-corrected chi connectivity index (χ0v) is 22.6. The second kappa shape index (κ2) is 11.0. The maximum absolute atomic E-state index is 6.46. The first-order valence-corrected chi connectivity index (χ1v) is 13.3. The number of rotatable bonds is 8. The smallest absolute Gasteiger partial charge is 0.162 e. The van der Waals surface area contributed by atoms with E-state index in [-0.39, 0.29) is 6.04 Å². The SMILES string of the molecule is COc1cc2ncc3c(N)nc(-c4cncc(OC[C@@H](N)CN5CCc6ccccc6C5)c4)cc3c2cc1OC. The predicted octanol–water partition coefficient (Wildman–Crippen LogP) is 4.21. The Bertz CT molecular complexity index is 1690. The van der Waals surface area contributed by atoms with Gasteiger partial charge in [0.25, 0.3) is 0 Å². The Morgan fingerprint density at radius 2 is 1.73 bits per heavy atom. The van der Waals surface area contributed by atoms with Crippen LogP contribution in [0.3, 0.4) is 0 Å². The summed E-state index contributed by atoms with van der Waals surface area (Å²) in [5, 5.41) is 2.55. The van der Waals surface area contributed by atoms with Gasteiger partial charge in [-0.1, -0.05) is 24.3 Å². The van der Waals surface area contributed by atoms with Crippen LogP contribution in [0, 0.1) is 0 Å². The van der Waals surface area contributed by atoms with Crippen molar-refractivity contribution in [3.63, 3.8) is 0 Å². The standard InChI is InChI=1S/C31H32N6O3/c1-38-29-11-25-24-10-27(36-31(33)26(24)15-35-28(25)12-30(29)39-2)21-9-23(14-34-13-21)40-18-22(32)17-37-8-7-19-5-3-4-6-20(19)16-37/h3-6,9-15,22H,7-8,16-18,32H2,1-2H3,(H2,33,36)/t22-/m0/s1. The van der Waals surface area contributed by atoms with Gasteiger partial charge in [0.05, 0.1) is 37.7 Å². The number of aromatic nitrogens is 3. The number of benzene rings is 2. The molecule has 0 fully saturated rings. The molecule has 0 saturated heterocycles. The van der Waals surface area contributed by atoms with Crippen LogP contribution >= 0.6 is 0 Å². The topological polar surface area (TPSA) is 122 Å². The van der Waals surface area contributed by atoms with Crippen molar-refractivity contribution in [3.8, 4) is 28.5 Å². The number of anilines is 1. The minimum atomic E-state index is -0.130. The Morgan fingerprint density at radius 1 is 0.925 bits per heavy atom. The summed E-state index contributed by atoms with van der Waals surface area (Å²) in [6, 6.07) is 16.1. The molecule has 0 saturated carbocycles. The molecule has 0 unspecified atom stereocenters. The largest absolute Gasteiger partial charge is 0.493 e. The molecule has 4 N–H and O–H groups in total. The number of ether oxygens (including phenoxy) is 3. The highest BCUT2D eigenvalue weighted by Gasteiger charge is 2.19. The maximum Gasteiger partial charge on any atom is 0.162 e. The van der Waals surface area contributed by atoms with Gasteiger partial charge in [0, 0.05) is 54.4 Å². The Hall–Kier alpha value is -4.47. The molecular weight excluding hydrogens is 504 g/mol. The fourth-order valence-corrected chi connectivity index (χ4v) is 5.34. The summed E-state index contributed by atoms with van der Waals surface area (Å²) in [5.41, 5.74) is 17.9. The van der Waals surface area contributed by atoms with Gasteiger partial charge in [0.2, 0.25) is 0 Å². The number of methoxy groups -OCH3 is 2. The van der Waals surface area contributed by atoms with Gasteiger partial charge in [-0.3, -0.25) is 14.9 Å². The van der Waals surface area contributed by atoms with Gasteiger partial charge in [0.15, 0.2) is 11.5 Å². The fraction of sp³-hybridized carbons (Fsp3) is 0.258. The molecule has 0 amide bonds. The van der Waals surface area contributed by atoms with Crippen molar-refractivity contribution in [1.29, 1.82) is 0 Å². The van der Waals surface area contributed by atoms with Crippen LogP contribution in [0.4, 0.5) is 5.82 Å². The van der Waals surface area contributed by atoms with Gasteiger partial charge >= 0.3 is 0 Å². The highest BCUT2D eigenvalue weighted by atomic mass is 16.5. The zero-order chi connectivity index (χ0) is 27.6. The first-order chi connectivity index (χ1) is 19.5. The van der Waals surface area contributed by atoms with Crippen molar-refractivity contribution >= 4 is 27.5 Å². The van der Waals surface area contributed by atoms with E-state index in [9.17, 15) is 0 Å². The molecule has 4 heterocycles. The lowest BCUT2D eigenvalue weighted by atomic mass is 10.00. The van der Waals surface area contributed by atoms with E-state index in [2.05, 4.69) is 44.1 Å². The van der Waals surface area contributed by atoms with Crippen molar-refractivity contribution in [2.24, 2.45) is 5.73 Å². The number of nitrogens with zero attached hydrogens (tertiary/aromatic N) is 4. The summed E-state index contributed by atoms with van der Waals surface area (Å²) in [6.07, 6.45) is 6.21. The number of pyridine rings is 3. The maximum atomic E-state index is 6.46. The van der Waals surface area contributed by atoms with Crippen LogP contribution in [0.5, 0.6) is 17.2 Å². The molecule has 204 valence electrons. The van der Waals surface area contributed by atoms with Gasteiger partial charge in [-0.2, -0.15) is 0 Å². The number of hydrogen-bond acceptors (Lipinski definition) is 9. The van der Waals surface area contributed by atoms with E-state index in [0.717, 1.165) is 53.3 Å². The molecule has 9 heteroatoms. The van der Waals surface area contributed by atoms with E-state index in [1.54, 1.807) is 32.8 Å². The Labute approximate surface area is 232 Å². The van der Waals surface area contributed by atoms with E-state index < -0.39 is 0 Å². The fourth-order valence-electron chi connectivity index (χ4n) is 5.34. The van der Waals surface area contributed by atoms with Crippen molar-refractivity contribution in [2.45, 2.75) is 19.0 Å². The molecule has 9 nitrogen and oxygen atoms in total. The Balaban J connectivity index is 1.21. The minimum absolute atomic E-state index is 0.130. The number of fused-ring (bicyclic) bond motifs is 4. The monoisotopic (exact) mass is 536 g/mol. The van der Waals surface area contributed by atoms with Crippen molar-refractivity contribution < 1.29 is 14.2 Å². The predicted molar refractivity (Wildman–Crippen MR) is 157 cm³/mol. The first-order valence-electron chi connectivity index (χ1n) is 13.3. The van der Waals surface area contributed by atoms with Crippen LogP contribution in [0.15, 0.2) is 67.1 Å². The summed E-state index contributed by atoms with van der Waals surface area (Å²) < 4.78 is 17.0. The van der Waals surface area contributed by atoms with Crippen molar-refractivity contribution in [2.75, 3.05) is 39.6 Å². The van der Waals surface area contributed by atoms with E-state index in [4.69, 9.17) is 25.7 Å². The van der Waals surface area contributed by atoms with E-state index in [0.29, 0.717) is 35.4 Å². The molecule has 40 heavy (non-hydrogen) atoms. The average Bonchev–Trinajstić information content (AvgIpc) is 2.99. The molecule has 3 aromatic heterocycles. The third-order valence-electron chi connectivity index (χ3n) is 7.39. The van der Waals surface area contributed by atoms with Gasteiger partial charge in [0.1, 0.15) is 18.2 Å². The number of nitrogen functional groups attached to an aromatic ring is 1. The number of nitrogens with two attached hydrogens (primary N) is 2. The molecular formula is C31H32N6O3. The lowest BCUT2D eigenvalue weighted by Crippen LogP contribution is -2.43. The molecule has 1 aliphatic rings. The Kier molecular flexibility index (Phi) is 7.06.